The molecule has 0 saturated heterocycles. The van der Waals surface area contributed by atoms with Gasteiger partial charge in [0.15, 0.2) is 0 Å². The summed E-state index contributed by atoms with van der Waals surface area (Å²) in [7, 11) is 0. The number of hydrogen-bond acceptors (Lipinski definition) is 2. The van der Waals surface area contributed by atoms with Crippen LogP contribution in [0.5, 0.6) is 0 Å². The molecule has 21 heteroatoms. The van der Waals surface area contributed by atoms with Crippen LogP contribution < -0.4 is 0 Å². The van der Waals surface area contributed by atoms with Gasteiger partial charge >= 0.3 is 53.6 Å². The van der Waals surface area contributed by atoms with Crippen LogP contribution >= 0.6 is 0 Å². The topological polar surface area (TPSA) is 26.3 Å². The molecule has 0 bridgehead atoms. The van der Waals surface area contributed by atoms with Crippen molar-refractivity contribution in [1.82, 2.24) is 0 Å². The molecule has 0 aliphatic heterocycles. The first-order valence-corrected chi connectivity index (χ1v) is 8.81. The van der Waals surface area contributed by atoms with Gasteiger partial charge in [-0.15, -0.1) is 0 Å². The third-order valence-corrected chi connectivity index (χ3v) is 4.21. The van der Waals surface area contributed by atoms with E-state index in [1.807, 2.05) is 0 Å². The molecule has 0 amide bonds. The quantitative estimate of drug-likeness (QED) is 0.139. The van der Waals surface area contributed by atoms with Crippen LogP contribution in [0.1, 0.15) is 20.3 Å². The first-order chi connectivity index (χ1) is 15.9. The van der Waals surface area contributed by atoms with Gasteiger partial charge in [0.2, 0.25) is 0 Å². The fraction of sp³-hybridized carbons (Fsp3) is 0.812. The van der Waals surface area contributed by atoms with E-state index in [-0.39, 0.29) is 0 Å². The van der Waals surface area contributed by atoms with Crippen LogP contribution in [0.3, 0.4) is 0 Å². The number of carbonyl (C=O) groups excluding carboxylic acids is 1. The molecule has 0 atom stereocenters. The summed E-state index contributed by atoms with van der Waals surface area (Å²) in [5, 5.41) is 0. The zero-order valence-corrected chi connectivity index (χ0v) is 17.5. The van der Waals surface area contributed by atoms with Crippen molar-refractivity contribution in [2.75, 3.05) is 6.61 Å². The molecule has 0 aliphatic carbocycles. The predicted octanol–water partition coefficient (Wildman–Crippen LogP) is 7.74. The second kappa shape index (κ2) is 9.88. The minimum atomic E-state index is -8.85. The first kappa shape index (κ1) is 34.9. The highest BCUT2D eigenvalue weighted by Crippen LogP contribution is 2.64. The summed E-state index contributed by atoms with van der Waals surface area (Å²) < 4.78 is 253. The molecule has 0 rings (SSSR count). The number of ether oxygens (including phenoxy) is 1. The Bertz CT molecular complexity index is 864. The van der Waals surface area contributed by atoms with E-state index in [0.717, 1.165) is 0 Å². The Morgan fingerprint density at radius 1 is 0.595 bits per heavy atom. The molecule has 37 heavy (non-hydrogen) atoms. The van der Waals surface area contributed by atoms with Crippen LogP contribution in [-0.2, 0) is 9.53 Å². The molecular formula is C16H11F19O2. The Kier molecular flexibility index (Phi) is 9.32. The Labute approximate surface area is 192 Å². The van der Waals surface area contributed by atoms with E-state index < -0.39 is 84.2 Å². The van der Waals surface area contributed by atoms with Crippen molar-refractivity contribution >= 4 is 5.97 Å². The molecule has 0 saturated carbocycles. The third kappa shape index (κ3) is 5.53. The van der Waals surface area contributed by atoms with E-state index in [9.17, 15) is 88.2 Å². The van der Waals surface area contributed by atoms with Gasteiger partial charge in [0.25, 0.3) is 6.08 Å². The maximum atomic E-state index is 13.8. The summed E-state index contributed by atoms with van der Waals surface area (Å²) >= 11 is 0. The maximum Gasteiger partial charge on any atom is 0.460 e. The normalized spacial score (nSPS) is 15.2. The Morgan fingerprint density at radius 3 is 1.22 bits per heavy atom. The van der Waals surface area contributed by atoms with Crippen molar-refractivity contribution in [1.29, 1.82) is 0 Å². The highest BCUT2D eigenvalue weighted by atomic mass is 19.4. The minimum absolute atomic E-state index is 0.767. The van der Waals surface area contributed by atoms with E-state index in [4.69, 9.17) is 0 Å². The fourth-order valence-electron chi connectivity index (χ4n) is 2.08. The van der Waals surface area contributed by atoms with E-state index >= 15 is 0 Å². The fourth-order valence-corrected chi connectivity index (χ4v) is 2.08. The summed E-state index contributed by atoms with van der Waals surface area (Å²) in [6.07, 6.45) is -15.3. The molecule has 0 N–H and O–H groups in total. The van der Waals surface area contributed by atoms with Crippen molar-refractivity contribution in [3.8, 4) is 0 Å². The molecular weight excluding hydrogens is 585 g/mol. The van der Waals surface area contributed by atoms with Crippen molar-refractivity contribution in [3.05, 3.63) is 11.7 Å². The van der Waals surface area contributed by atoms with Gasteiger partial charge in [-0.25, -0.2) is 4.79 Å². The number of carbonyl (C=O) groups is 1. The van der Waals surface area contributed by atoms with Crippen molar-refractivity contribution < 1.29 is 92.9 Å². The summed E-state index contributed by atoms with van der Waals surface area (Å²) in [6.45, 7) is 1.46. The van der Waals surface area contributed by atoms with Gasteiger partial charge < -0.3 is 4.74 Å². The van der Waals surface area contributed by atoms with Crippen LogP contribution in [0.4, 0.5) is 83.4 Å². The van der Waals surface area contributed by atoms with Gasteiger partial charge in [0, 0.05) is 0 Å². The third-order valence-electron chi connectivity index (χ3n) is 4.21. The Hall–Kier alpha value is -2.12. The van der Waals surface area contributed by atoms with E-state index in [2.05, 4.69) is 4.74 Å². The molecule has 0 fully saturated rings. The van der Waals surface area contributed by atoms with Crippen molar-refractivity contribution in [2.24, 2.45) is 5.92 Å². The summed E-state index contributed by atoms with van der Waals surface area (Å²) in [4.78, 5) is 11.4. The number of halogens is 19. The number of rotatable bonds is 11. The smallest absolute Gasteiger partial charge is 0.460 e. The molecule has 2 nitrogen and oxygen atoms in total. The molecule has 0 aromatic heterocycles. The molecule has 0 heterocycles. The Balaban J connectivity index is 6.71. The highest BCUT2D eigenvalue weighted by molar-refractivity contribution is 5.88. The lowest BCUT2D eigenvalue weighted by molar-refractivity contribution is -0.461. The monoisotopic (exact) mass is 596 g/mol. The van der Waals surface area contributed by atoms with Gasteiger partial charge in [0.1, 0.15) is 5.57 Å². The summed E-state index contributed by atoms with van der Waals surface area (Å²) in [6, 6.07) is 0. The number of alkyl halides is 17. The van der Waals surface area contributed by atoms with E-state index in [1.165, 1.54) is 13.8 Å². The minimum Gasteiger partial charge on any atom is -0.462 e. The molecule has 0 aliphatic rings. The SMILES string of the molecule is CC(C)COC(=O)C(CC(F)(F)C(F)(F)C(F)(F)C(F)(F)C(F)(F)C(F)(F)C(F)(F)C(F)(F)F)=C(F)F. The van der Waals surface area contributed by atoms with Gasteiger partial charge in [-0.05, 0) is 5.92 Å². The first-order valence-electron chi connectivity index (χ1n) is 8.81. The zero-order chi connectivity index (χ0) is 30.4. The summed E-state index contributed by atoms with van der Waals surface area (Å²) in [5.74, 6) is -62.1. The molecule has 0 spiro atoms. The molecule has 0 unspecified atom stereocenters. The van der Waals surface area contributed by atoms with E-state index in [0.29, 0.717) is 0 Å². The lowest BCUT2D eigenvalue weighted by atomic mass is 9.87. The zero-order valence-electron chi connectivity index (χ0n) is 17.5. The van der Waals surface area contributed by atoms with E-state index in [1.54, 1.807) is 0 Å². The summed E-state index contributed by atoms with van der Waals surface area (Å²) in [5.41, 5.74) is -2.91. The van der Waals surface area contributed by atoms with Crippen molar-refractivity contribution in [3.63, 3.8) is 0 Å². The second-order valence-corrected chi connectivity index (χ2v) is 7.56. The van der Waals surface area contributed by atoms with Crippen LogP contribution in [0.15, 0.2) is 11.7 Å². The number of esters is 1. The highest BCUT2D eigenvalue weighted by Gasteiger charge is 2.95. The van der Waals surface area contributed by atoms with Gasteiger partial charge in [-0.3, -0.25) is 0 Å². The molecule has 0 radical (unpaired) electrons. The molecule has 220 valence electrons. The van der Waals surface area contributed by atoms with Crippen LogP contribution in [0.25, 0.3) is 0 Å². The second-order valence-electron chi connectivity index (χ2n) is 7.56. The van der Waals surface area contributed by atoms with Crippen LogP contribution in [-0.4, -0.2) is 60.2 Å². The van der Waals surface area contributed by atoms with Crippen LogP contribution in [0, 0.1) is 5.92 Å². The average molecular weight is 596 g/mol. The van der Waals surface area contributed by atoms with Gasteiger partial charge in [0.05, 0.1) is 13.0 Å². The molecule has 0 aromatic rings. The van der Waals surface area contributed by atoms with Crippen molar-refractivity contribution in [2.45, 2.75) is 67.9 Å². The standard InChI is InChI=1S/C16H11F19O2/c1-5(2)4-37-8(36)6(7(17)18)3-9(19,20)10(21,22)11(23,24)12(25,26)13(27,28)14(29,30)15(31,32)16(33,34)35/h5H,3-4H2,1-2H3. The molecule has 0 aromatic carbocycles. The predicted molar refractivity (Wildman–Crippen MR) is 80.3 cm³/mol. The largest absolute Gasteiger partial charge is 0.462 e. The maximum absolute atomic E-state index is 13.8. The lowest BCUT2D eigenvalue weighted by Gasteiger charge is -2.42. The average Bonchev–Trinajstić information content (AvgIpc) is 2.68. The number of hydrogen-bond donors (Lipinski definition) is 0. The Morgan fingerprint density at radius 2 is 0.919 bits per heavy atom. The lowest BCUT2D eigenvalue weighted by Crippen LogP contribution is -2.74. The van der Waals surface area contributed by atoms with Gasteiger partial charge in [-0.1, -0.05) is 13.8 Å². The van der Waals surface area contributed by atoms with Gasteiger partial charge in [-0.2, -0.15) is 83.4 Å². The van der Waals surface area contributed by atoms with Crippen LogP contribution in [0.2, 0.25) is 0 Å².